The van der Waals surface area contributed by atoms with Gasteiger partial charge in [-0.3, -0.25) is 0 Å². The van der Waals surface area contributed by atoms with Gasteiger partial charge in [0.1, 0.15) is 0 Å². The molecule has 0 fully saturated rings. The summed E-state index contributed by atoms with van der Waals surface area (Å²) in [5, 5.41) is 0. The second kappa shape index (κ2) is 3.94. The van der Waals surface area contributed by atoms with Crippen molar-refractivity contribution in [3.63, 3.8) is 0 Å². The first kappa shape index (κ1) is 11.5. The van der Waals surface area contributed by atoms with E-state index in [1.54, 1.807) is 6.92 Å². The zero-order chi connectivity index (χ0) is 8.48. The van der Waals surface area contributed by atoms with Crippen LogP contribution in [-0.4, -0.2) is 0 Å². The van der Waals surface area contributed by atoms with Crippen LogP contribution in [0.4, 0.5) is 13.2 Å². The molecule has 68 valence electrons. The molecule has 0 unspecified atom stereocenters. The summed E-state index contributed by atoms with van der Waals surface area (Å²) in [6.45, 7) is 1.75. The third-order valence-electron chi connectivity index (χ3n) is 1.38. The summed E-state index contributed by atoms with van der Waals surface area (Å²) in [7, 11) is 0. The first-order valence-electron chi connectivity index (χ1n) is 3.14. The molecule has 0 radical (unpaired) electrons. The highest BCUT2D eigenvalue weighted by Gasteiger charge is 2.29. The fourth-order valence-corrected chi connectivity index (χ4v) is 0.743. The van der Waals surface area contributed by atoms with Crippen LogP contribution in [0.2, 0.25) is 0 Å². The van der Waals surface area contributed by atoms with Gasteiger partial charge in [-0.2, -0.15) is 13.2 Å². The molecule has 12 heavy (non-hydrogen) atoms. The van der Waals surface area contributed by atoms with Gasteiger partial charge < -0.3 is 0 Å². The quantitative estimate of drug-likeness (QED) is 0.651. The monoisotopic (exact) mass is 240 g/mol. The van der Waals surface area contributed by atoms with E-state index in [9.17, 15) is 13.2 Å². The van der Waals surface area contributed by atoms with Crippen LogP contribution in [0.25, 0.3) is 0 Å². The molecule has 0 saturated carbocycles. The van der Waals surface area contributed by atoms with Crippen molar-refractivity contribution < 1.29 is 13.2 Å². The summed E-state index contributed by atoms with van der Waals surface area (Å²) in [5.74, 6) is 0. The second-order valence-electron chi connectivity index (χ2n) is 2.36. The van der Waals surface area contributed by atoms with Crippen molar-refractivity contribution in [1.82, 2.24) is 0 Å². The van der Waals surface area contributed by atoms with Crippen LogP contribution in [0.5, 0.6) is 0 Å². The van der Waals surface area contributed by atoms with Gasteiger partial charge in [-0.25, -0.2) is 0 Å². The van der Waals surface area contributed by atoms with E-state index < -0.39 is 11.7 Å². The van der Waals surface area contributed by atoms with Gasteiger partial charge in [0.2, 0.25) is 0 Å². The number of alkyl halides is 3. The van der Waals surface area contributed by atoms with E-state index in [1.807, 2.05) is 0 Å². The van der Waals surface area contributed by atoms with E-state index >= 15 is 0 Å². The molecule has 0 amide bonds. The fourth-order valence-electron chi connectivity index (χ4n) is 0.743. The van der Waals surface area contributed by atoms with Gasteiger partial charge in [-0.1, -0.05) is 17.7 Å². The number of benzene rings is 1. The van der Waals surface area contributed by atoms with E-state index in [0.29, 0.717) is 0 Å². The zero-order valence-electron chi connectivity index (χ0n) is 6.35. The molecule has 0 spiro atoms. The summed E-state index contributed by atoms with van der Waals surface area (Å²) in [6, 6.07) is 5.05. The maximum Gasteiger partial charge on any atom is 0.416 e. The average molecular weight is 241 g/mol. The molecule has 1 aromatic rings. The average Bonchev–Trinajstić information content (AvgIpc) is 1.86. The minimum atomic E-state index is -4.21. The maximum absolute atomic E-state index is 11.9. The molecule has 0 nitrogen and oxygen atoms in total. The molecule has 0 bridgehead atoms. The third kappa shape index (κ3) is 2.85. The van der Waals surface area contributed by atoms with Crippen LogP contribution in [-0.2, 0) is 6.18 Å². The molecule has 0 aliphatic carbocycles. The van der Waals surface area contributed by atoms with E-state index in [0.717, 1.165) is 17.7 Å². The Hall–Kier alpha value is -0.510. The SMILES string of the molecule is Br.Cc1ccc(C(F)(F)F)cc1. The van der Waals surface area contributed by atoms with E-state index in [-0.39, 0.29) is 17.0 Å². The van der Waals surface area contributed by atoms with Crippen molar-refractivity contribution >= 4 is 17.0 Å². The molecule has 0 aliphatic heterocycles. The minimum absolute atomic E-state index is 0. The van der Waals surface area contributed by atoms with Crippen molar-refractivity contribution in [2.24, 2.45) is 0 Å². The second-order valence-corrected chi connectivity index (χ2v) is 2.36. The summed E-state index contributed by atoms with van der Waals surface area (Å²) in [4.78, 5) is 0. The van der Waals surface area contributed by atoms with Crippen molar-refractivity contribution in [3.8, 4) is 0 Å². The summed E-state index contributed by atoms with van der Waals surface area (Å²) >= 11 is 0. The molecule has 0 N–H and O–H groups in total. The Morgan fingerprint density at radius 2 is 1.42 bits per heavy atom. The lowest BCUT2D eigenvalue weighted by atomic mass is 10.1. The molecule has 0 aliphatic rings. The van der Waals surface area contributed by atoms with Crippen LogP contribution in [0.15, 0.2) is 24.3 Å². The molecule has 0 heterocycles. The van der Waals surface area contributed by atoms with Crippen molar-refractivity contribution in [2.75, 3.05) is 0 Å². The van der Waals surface area contributed by atoms with Crippen LogP contribution < -0.4 is 0 Å². The molecule has 4 heteroatoms. The van der Waals surface area contributed by atoms with Gasteiger partial charge in [-0.15, -0.1) is 17.0 Å². The standard InChI is InChI=1S/C8H7F3.BrH/c1-6-2-4-7(5-3-6)8(9,10)11;/h2-5H,1H3;1H. The molecular weight excluding hydrogens is 233 g/mol. The number of hydrogen-bond acceptors (Lipinski definition) is 0. The van der Waals surface area contributed by atoms with Gasteiger partial charge in [0.05, 0.1) is 5.56 Å². The summed E-state index contributed by atoms with van der Waals surface area (Å²) in [6.07, 6.45) is -4.21. The smallest absolute Gasteiger partial charge is 0.166 e. The Kier molecular flexibility index (Phi) is 3.77. The van der Waals surface area contributed by atoms with Gasteiger partial charge in [0, 0.05) is 0 Å². The molecule has 0 saturated heterocycles. The Morgan fingerprint density at radius 3 is 1.75 bits per heavy atom. The number of aryl methyl sites for hydroxylation is 1. The lowest BCUT2D eigenvalue weighted by Gasteiger charge is -2.05. The minimum Gasteiger partial charge on any atom is -0.166 e. The third-order valence-corrected chi connectivity index (χ3v) is 1.38. The van der Waals surface area contributed by atoms with E-state index in [2.05, 4.69) is 0 Å². The molecule has 1 aromatic carbocycles. The Bertz CT molecular complexity index is 237. The van der Waals surface area contributed by atoms with Crippen LogP contribution in [0.1, 0.15) is 11.1 Å². The van der Waals surface area contributed by atoms with Gasteiger partial charge in [0.25, 0.3) is 0 Å². The highest BCUT2D eigenvalue weighted by Crippen LogP contribution is 2.28. The van der Waals surface area contributed by atoms with Crippen LogP contribution >= 0.6 is 17.0 Å². The lowest BCUT2D eigenvalue weighted by molar-refractivity contribution is -0.137. The molecule has 0 atom stereocenters. The number of halogens is 4. The molecule has 1 rings (SSSR count). The van der Waals surface area contributed by atoms with Crippen LogP contribution in [0, 0.1) is 6.92 Å². The number of hydrogen-bond donors (Lipinski definition) is 0. The van der Waals surface area contributed by atoms with Gasteiger partial charge >= 0.3 is 6.18 Å². The molecule has 0 aromatic heterocycles. The summed E-state index contributed by atoms with van der Waals surface area (Å²) < 4.78 is 35.8. The summed E-state index contributed by atoms with van der Waals surface area (Å²) in [5.41, 5.74) is 0.237. The van der Waals surface area contributed by atoms with Crippen molar-refractivity contribution in [1.29, 1.82) is 0 Å². The topological polar surface area (TPSA) is 0 Å². The van der Waals surface area contributed by atoms with Gasteiger partial charge in [0.15, 0.2) is 0 Å². The largest absolute Gasteiger partial charge is 0.416 e. The Balaban J connectivity index is 0.00000121. The first-order chi connectivity index (χ1) is 5.00. The zero-order valence-corrected chi connectivity index (χ0v) is 8.06. The van der Waals surface area contributed by atoms with E-state index in [4.69, 9.17) is 0 Å². The van der Waals surface area contributed by atoms with Crippen molar-refractivity contribution in [2.45, 2.75) is 13.1 Å². The highest BCUT2D eigenvalue weighted by molar-refractivity contribution is 8.93. The maximum atomic E-state index is 11.9. The van der Waals surface area contributed by atoms with Crippen molar-refractivity contribution in [3.05, 3.63) is 35.4 Å². The lowest BCUT2D eigenvalue weighted by Crippen LogP contribution is -2.03. The molecular formula is C8H8BrF3. The highest BCUT2D eigenvalue weighted by atomic mass is 79.9. The predicted molar refractivity (Wildman–Crippen MR) is 46.5 cm³/mol. The Labute approximate surface area is 79.2 Å². The Morgan fingerprint density at radius 1 is 1.00 bits per heavy atom. The van der Waals surface area contributed by atoms with Crippen LogP contribution in [0.3, 0.4) is 0 Å². The first-order valence-corrected chi connectivity index (χ1v) is 3.14. The van der Waals surface area contributed by atoms with E-state index in [1.165, 1.54) is 12.1 Å². The normalized spacial score (nSPS) is 10.7. The predicted octanol–water partition coefficient (Wildman–Crippen LogP) is 3.59. The van der Waals surface area contributed by atoms with Gasteiger partial charge in [-0.05, 0) is 19.1 Å². The number of rotatable bonds is 0. The fraction of sp³-hybridized carbons (Fsp3) is 0.250.